The molecular weight excluding hydrogens is 202 g/mol. The molecule has 0 aromatic carbocycles. The number of aliphatic hydroxyl groups is 1. The highest BCUT2D eigenvalue weighted by Crippen LogP contribution is 2.41. The Bertz CT molecular complexity index is 372. The quantitative estimate of drug-likeness (QED) is 0.710. The Morgan fingerprint density at radius 1 is 1.50 bits per heavy atom. The molecule has 3 unspecified atom stereocenters. The lowest BCUT2D eigenvalue weighted by molar-refractivity contribution is -0.118. The van der Waals surface area contributed by atoms with E-state index in [1.54, 1.807) is 0 Å². The zero-order valence-corrected chi connectivity index (χ0v) is 9.30. The number of hydrogen-bond acceptors (Lipinski definition) is 2. The second kappa shape index (κ2) is 3.74. The van der Waals surface area contributed by atoms with Crippen molar-refractivity contribution < 1.29 is 9.90 Å². The van der Waals surface area contributed by atoms with Crippen molar-refractivity contribution >= 4 is 6.41 Å². The monoisotopic (exact) mass is 219 g/mol. The molecular formula is C13H17NO2. The van der Waals surface area contributed by atoms with E-state index in [2.05, 4.69) is 12.2 Å². The van der Waals surface area contributed by atoms with Gasteiger partial charge in [0.2, 0.25) is 6.41 Å². The Balaban J connectivity index is 1.82. The van der Waals surface area contributed by atoms with Crippen LogP contribution in [0.1, 0.15) is 25.7 Å². The van der Waals surface area contributed by atoms with Crippen LogP contribution < -0.4 is 0 Å². The zero-order valence-electron chi connectivity index (χ0n) is 9.30. The number of nitrogens with zero attached hydrogens (tertiary/aromatic N) is 1. The number of fused-ring (bicyclic) bond motifs is 2. The molecule has 3 atom stereocenters. The second-order valence-electron chi connectivity index (χ2n) is 5.09. The molecule has 16 heavy (non-hydrogen) atoms. The Morgan fingerprint density at radius 3 is 3.00 bits per heavy atom. The molecule has 0 radical (unpaired) electrons. The number of aliphatic hydroxyl groups excluding tert-OH is 1. The fraction of sp³-hybridized carbons (Fsp3) is 0.615. The third kappa shape index (κ3) is 1.50. The summed E-state index contributed by atoms with van der Waals surface area (Å²) in [5.74, 6) is 0.568. The normalized spacial score (nSPS) is 37.3. The lowest BCUT2D eigenvalue weighted by atomic mass is 9.89. The maximum Gasteiger partial charge on any atom is 0.210 e. The molecule has 0 spiro atoms. The lowest BCUT2D eigenvalue weighted by Crippen LogP contribution is -2.32. The van der Waals surface area contributed by atoms with E-state index in [-0.39, 0.29) is 6.10 Å². The maximum absolute atomic E-state index is 10.9. The van der Waals surface area contributed by atoms with Crippen LogP contribution in [0.4, 0.5) is 0 Å². The van der Waals surface area contributed by atoms with Crippen molar-refractivity contribution in [3.8, 4) is 0 Å². The van der Waals surface area contributed by atoms with E-state index in [0.29, 0.717) is 12.0 Å². The molecule has 0 saturated carbocycles. The van der Waals surface area contributed by atoms with Crippen LogP contribution in [-0.4, -0.2) is 35.1 Å². The Morgan fingerprint density at radius 2 is 2.38 bits per heavy atom. The minimum atomic E-state index is -0.162. The molecule has 3 aliphatic rings. The van der Waals surface area contributed by atoms with Crippen molar-refractivity contribution in [3.05, 3.63) is 23.3 Å². The third-order valence-corrected chi connectivity index (χ3v) is 4.04. The Kier molecular flexibility index (Phi) is 2.36. The van der Waals surface area contributed by atoms with Gasteiger partial charge in [0.1, 0.15) is 0 Å². The van der Waals surface area contributed by atoms with Gasteiger partial charge < -0.3 is 10.0 Å². The molecule has 1 saturated heterocycles. The van der Waals surface area contributed by atoms with E-state index in [0.717, 1.165) is 38.6 Å². The van der Waals surface area contributed by atoms with Crippen LogP contribution in [0.3, 0.4) is 0 Å². The molecule has 3 nitrogen and oxygen atoms in total. The number of carbonyl (C=O) groups is 1. The van der Waals surface area contributed by atoms with E-state index in [4.69, 9.17) is 0 Å². The van der Waals surface area contributed by atoms with Crippen molar-refractivity contribution in [3.63, 3.8) is 0 Å². The fourth-order valence-electron chi connectivity index (χ4n) is 3.21. The van der Waals surface area contributed by atoms with Crippen LogP contribution >= 0.6 is 0 Å². The van der Waals surface area contributed by atoms with E-state index < -0.39 is 0 Å². The van der Waals surface area contributed by atoms with Gasteiger partial charge in [-0.1, -0.05) is 12.2 Å². The van der Waals surface area contributed by atoms with Crippen LogP contribution in [-0.2, 0) is 4.79 Å². The van der Waals surface area contributed by atoms with Crippen molar-refractivity contribution in [1.82, 2.24) is 4.90 Å². The highest BCUT2D eigenvalue weighted by atomic mass is 16.3. The number of hydrogen-bond donors (Lipinski definition) is 1. The molecule has 1 heterocycles. The van der Waals surface area contributed by atoms with Gasteiger partial charge in [-0.05, 0) is 42.7 Å². The number of amides is 1. The first-order valence-corrected chi connectivity index (χ1v) is 6.08. The zero-order chi connectivity index (χ0) is 11.1. The first kappa shape index (κ1) is 10.1. The molecule has 2 bridgehead atoms. The summed E-state index contributed by atoms with van der Waals surface area (Å²) < 4.78 is 0. The second-order valence-corrected chi connectivity index (χ2v) is 5.09. The summed E-state index contributed by atoms with van der Waals surface area (Å²) in [5.41, 5.74) is 2.72. The van der Waals surface area contributed by atoms with Gasteiger partial charge in [0.05, 0.1) is 12.1 Å². The summed E-state index contributed by atoms with van der Waals surface area (Å²) in [6.07, 6.45) is 9.02. The molecule has 3 heteroatoms. The third-order valence-electron chi connectivity index (χ3n) is 4.04. The van der Waals surface area contributed by atoms with Crippen molar-refractivity contribution in [2.24, 2.45) is 5.92 Å². The molecule has 0 aromatic rings. The van der Waals surface area contributed by atoms with Gasteiger partial charge >= 0.3 is 0 Å². The Labute approximate surface area is 95.4 Å². The summed E-state index contributed by atoms with van der Waals surface area (Å²) >= 11 is 0. The SMILES string of the molecule is O=CN1CC2C=C(C3=CCC(O)CC3)C1C2. The fourth-order valence-corrected chi connectivity index (χ4v) is 3.21. The summed E-state index contributed by atoms with van der Waals surface area (Å²) in [6.45, 7) is 0.896. The van der Waals surface area contributed by atoms with Gasteiger partial charge in [-0.3, -0.25) is 4.79 Å². The molecule has 0 aromatic heterocycles. The first-order chi connectivity index (χ1) is 7.78. The average molecular weight is 219 g/mol. The van der Waals surface area contributed by atoms with Crippen molar-refractivity contribution in [2.75, 3.05) is 6.54 Å². The van der Waals surface area contributed by atoms with E-state index in [1.165, 1.54) is 11.1 Å². The van der Waals surface area contributed by atoms with Gasteiger partial charge in [-0.25, -0.2) is 0 Å². The minimum absolute atomic E-state index is 0.162. The molecule has 1 fully saturated rings. The van der Waals surface area contributed by atoms with Gasteiger partial charge in [-0.15, -0.1) is 0 Å². The Hall–Kier alpha value is -1.09. The maximum atomic E-state index is 10.9. The van der Waals surface area contributed by atoms with Crippen LogP contribution in [0.2, 0.25) is 0 Å². The van der Waals surface area contributed by atoms with E-state index >= 15 is 0 Å². The van der Waals surface area contributed by atoms with Crippen LogP contribution in [0.5, 0.6) is 0 Å². The van der Waals surface area contributed by atoms with Crippen molar-refractivity contribution in [2.45, 2.75) is 37.8 Å². The number of carbonyl (C=O) groups excluding carboxylic acids is 1. The van der Waals surface area contributed by atoms with Crippen LogP contribution in [0.25, 0.3) is 0 Å². The number of likely N-dealkylation sites (tertiary alicyclic amines) is 1. The van der Waals surface area contributed by atoms with Crippen molar-refractivity contribution in [1.29, 1.82) is 0 Å². The predicted octanol–water partition coefficient (Wildman–Crippen LogP) is 1.24. The molecule has 86 valence electrons. The largest absolute Gasteiger partial charge is 0.393 e. The van der Waals surface area contributed by atoms with E-state index in [1.807, 2.05) is 4.90 Å². The van der Waals surface area contributed by atoms with E-state index in [9.17, 15) is 9.90 Å². The summed E-state index contributed by atoms with van der Waals surface area (Å²) in [6, 6.07) is 0.323. The molecule has 2 aliphatic carbocycles. The average Bonchev–Trinajstić information content (AvgIpc) is 2.89. The van der Waals surface area contributed by atoms with Gasteiger partial charge in [0.15, 0.2) is 0 Å². The summed E-state index contributed by atoms with van der Waals surface area (Å²) in [7, 11) is 0. The van der Waals surface area contributed by atoms with Crippen LogP contribution in [0.15, 0.2) is 23.3 Å². The summed E-state index contributed by atoms with van der Waals surface area (Å²) in [4.78, 5) is 12.8. The first-order valence-electron chi connectivity index (χ1n) is 6.08. The molecule has 1 amide bonds. The highest BCUT2D eigenvalue weighted by molar-refractivity contribution is 5.55. The van der Waals surface area contributed by atoms with Gasteiger partial charge in [0, 0.05) is 6.54 Å². The minimum Gasteiger partial charge on any atom is -0.393 e. The van der Waals surface area contributed by atoms with Gasteiger partial charge in [0.25, 0.3) is 0 Å². The van der Waals surface area contributed by atoms with Crippen LogP contribution in [0, 0.1) is 5.92 Å². The molecule has 1 N–H and O–H groups in total. The predicted molar refractivity (Wildman–Crippen MR) is 60.7 cm³/mol. The number of rotatable bonds is 2. The molecule has 1 aliphatic heterocycles. The highest BCUT2D eigenvalue weighted by Gasteiger charge is 2.39. The standard InChI is InChI=1S/C13H17NO2/c15-8-14-7-9-5-12(13(14)6-9)10-1-3-11(16)4-2-10/h1,5,8-9,11,13,16H,2-4,6-7H2. The molecule has 3 rings (SSSR count). The topological polar surface area (TPSA) is 40.5 Å². The lowest BCUT2D eigenvalue weighted by Gasteiger charge is -2.28. The summed E-state index contributed by atoms with van der Waals surface area (Å²) in [5, 5.41) is 9.47. The smallest absolute Gasteiger partial charge is 0.210 e. The van der Waals surface area contributed by atoms with Gasteiger partial charge in [-0.2, -0.15) is 0 Å².